The highest BCUT2D eigenvalue weighted by atomic mass is 15.2. The summed E-state index contributed by atoms with van der Waals surface area (Å²) in [6.45, 7) is 7.64. The maximum Gasteiger partial charge on any atom is 0.225 e. The molecule has 4 heterocycles. The first kappa shape index (κ1) is 17.3. The Morgan fingerprint density at radius 1 is 0.923 bits per heavy atom. The molecular weight excluding hydrogens is 324 g/mol. The number of anilines is 1. The number of piperidine rings is 1. The maximum atomic E-state index is 4.43. The van der Waals surface area contributed by atoms with Crippen LogP contribution in [0.3, 0.4) is 0 Å². The molecular formula is C20H28N6. The molecule has 2 aliphatic rings. The van der Waals surface area contributed by atoms with Gasteiger partial charge in [0.25, 0.3) is 0 Å². The molecule has 0 saturated carbocycles. The number of aromatic nitrogens is 4. The molecule has 2 aliphatic heterocycles. The molecule has 0 radical (unpaired) electrons. The summed E-state index contributed by atoms with van der Waals surface area (Å²) in [7, 11) is 0. The fourth-order valence-corrected chi connectivity index (χ4v) is 4.32. The number of rotatable bonds is 5. The number of hydrogen-bond acceptors (Lipinski definition) is 6. The van der Waals surface area contributed by atoms with Crippen LogP contribution in [-0.2, 0) is 13.0 Å². The molecule has 0 aromatic carbocycles. The van der Waals surface area contributed by atoms with E-state index in [1.807, 2.05) is 30.9 Å². The van der Waals surface area contributed by atoms with Gasteiger partial charge in [0, 0.05) is 63.0 Å². The van der Waals surface area contributed by atoms with Crippen molar-refractivity contribution in [3.8, 4) is 0 Å². The van der Waals surface area contributed by atoms with Crippen LogP contribution in [0, 0.1) is 11.8 Å². The summed E-state index contributed by atoms with van der Waals surface area (Å²) in [4.78, 5) is 22.5. The first-order valence-electron chi connectivity index (χ1n) is 9.86. The van der Waals surface area contributed by atoms with Crippen LogP contribution in [-0.4, -0.2) is 51.0 Å². The van der Waals surface area contributed by atoms with Crippen molar-refractivity contribution in [2.75, 3.05) is 31.1 Å². The average molecular weight is 352 g/mol. The molecule has 2 aromatic rings. The molecule has 0 aliphatic carbocycles. The van der Waals surface area contributed by atoms with Crippen LogP contribution in [0.15, 0.2) is 30.9 Å². The van der Waals surface area contributed by atoms with Crippen LogP contribution in [0.2, 0.25) is 0 Å². The number of hydrogen-bond donors (Lipinski definition) is 0. The van der Waals surface area contributed by atoms with Gasteiger partial charge < -0.3 is 4.90 Å². The summed E-state index contributed by atoms with van der Waals surface area (Å²) in [5.41, 5.74) is 1.24. The van der Waals surface area contributed by atoms with Gasteiger partial charge in [0.05, 0.1) is 0 Å². The minimum atomic E-state index is 0.824. The summed E-state index contributed by atoms with van der Waals surface area (Å²) >= 11 is 0. The summed E-state index contributed by atoms with van der Waals surface area (Å²) < 4.78 is 0. The predicted molar refractivity (Wildman–Crippen MR) is 102 cm³/mol. The zero-order valence-electron chi connectivity index (χ0n) is 15.6. The molecule has 0 bridgehead atoms. The van der Waals surface area contributed by atoms with E-state index in [0.29, 0.717) is 0 Å². The lowest BCUT2D eigenvalue weighted by Crippen LogP contribution is -2.37. The molecule has 6 heteroatoms. The molecule has 2 aromatic heterocycles. The normalized spacial score (nSPS) is 22.0. The van der Waals surface area contributed by atoms with E-state index in [1.54, 1.807) is 0 Å². The smallest absolute Gasteiger partial charge is 0.225 e. The third-order valence-electron chi connectivity index (χ3n) is 5.83. The summed E-state index contributed by atoms with van der Waals surface area (Å²) in [5, 5.41) is 0. The third kappa shape index (κ3) is 4.01. The first-order chi connectivity index (χ1) is 12.8. The van der Waals surface area contributed by atoms with Gasteiger partial charge in [-0.1, -0.05) is 6.92 Å². The summed E-state index contributed by atoms with van der Waals surface area (Å²) in [5.74, 6) is 3.47. The Morgan fingerprint density at radius 2 is 1.62 bits per heavy atom. The lowest BCUT2D eigenvalue weighted by molar-refractivity contribution is 0.251. The Labute approximate surface area is 155 Å². The topological polar surface area (TPSA) is 58.0 Å². The van der Waals surface area contributed by atoms with Crippen molar-refractivity contribution < 1.29 is 0 Å². The molecule has 1 atom stereocenters. The largest absolute Gasteiger partial charge is 0.341 e. The van der Waals surface area contributed by atoms with Crippen LogP contribution >= 0.6 is 0 Å². The van der Waals surface area contributed by atoms with Crippen LogP contribution < -0.4 is 4.90 Å². The Balaban J connectivity index is 1.26. The van der Waals surface area contributed by atoms with Crippen molar-refractivity contribution in [2.24, 2.45) is 11.8 Å². The Kier molecular flexibility index (Phi) is 5.39. The number of likely N-dealkylation sites (tertiary alicyclic amines) is 1. The molecule has 0 spiro atoms. The van der Waals surface area contributed by atoms with Crippen LogP contribution in [0.1, 0.15) is 37.6 Å². The van der Waals surface area contributed by atoms with Crippen LogP contribution in [0.5, 0.6) is 0 Å². The molecule has 2 saturated heterocycles. The molecule has 2 fully saturated rings. The van der Waals surface area contributed by atoms with E-state index in [1.165, 1.54) is 37.9 Å². The molecule has 4 rings (SSSR count). The standard InChI is InChI=1S/C20H28N6/c1-2-19-23-12-16(13-24-19)14-25-9-4-18(15-25)17-5-10-26(11-6-17)20-21-7-3-8-22-20/h3,7-8,12-13,17-18H,2,4-6,9-11,14-15H2,1H3/t18-/m1/s1. The summed E-state index contributed by atoms with van der Waals surface area (Å²) in [6.07, 6.45) is 12.4. The molecule has 0 amide bonds. The van der Waals surface area contributed by atoms with Gasteiger partial charge in [-0.15, -0.1) is 0 Å². The minimum Gasteiger partial charge on any atom is -0.341 e. The molecule has 26 heavy (non-hydrogen) atoms. The quantitative estimate of drug-likeness (QED) is 0.824. The number of nitrogens with zero attached hydrogens (tertiary/aromatic N) is 6. The molecule has 6 nitrogen and oxygen atoms in total. The zero-order chi connectivity index (χ0) is 17.8. The number of aryl methyl sites for hydroxylation is 1. The summed E-state index contributed by atoms with van der Waals surface area (Å²) in [6, 6.07) is 1.88. The Hall–Kier alpha value is -2.08. The fourth-order valence-electron chi connectivity index (χ4n) is 4.32. The van der Waals surface area contributed by atoms with E-state index in [2.05, 4.69) is 36.7 Å². The minimum absolute atomic E-state index is 0.824. The van der Waals surface area contributed by atoms with Gasteiger partial charge >= 0.3 is 0 Å². The van der Waals surface area contributed by atoms with Crippen molar-refractivity contribution in [3.05, 3.63) is 42.2 Å². The van der Waals surface area contributed by atoms with Gasteiger partial charge in [-0.3, -0.25) is 4.90 Å². The Bertz CT molecular complexity index is 681. The Morgan fingerprint density at radius 3 is 2.31 bits per heavy atom. The first-order valence-corrected chi connectivity index (χ1v) is 9.86. The maximum absolute atomic E-state index is 4.43. The second-order valence-corrected chi connectivity index (χ2v) is 7.52. The molecule has 0 N–H and O–H groups in total. The molecule has 0 unspecified atom stereocenters. The monoisotopic (exact) mass is 352 g/mol. The fraction of sp³-hybridized carbons (Fsp3) is 0.600. The highest BCUT2D eigenvalue weighted by molar-refractivity contribution is 5.28. The van der Waals surface area contributed by atoms with Crippen molar-refractivity contribution in [2.45, 2.75) is 39.2 Å². The van der Waals surface area contributed by atoms with E-state index in [4.69, 9.17) is 0 Å². The van der Waals surface area contributed by atoms with Crippen molar-refractivity contribution >= 4 is 5.95 Å². The lowest BCUT2D eigenvalue weighted by Gasteiger charge is -2.34. The van der Waals surface area contributed by atoms with Gasteiger partial charge in [-0.25, -0.2) is 19.9 Å². The van der Waals surface area contributed by atoms with Gasteiger partial charge in [-0.05, 0) is 43.7 Å². The van der Waals surface area contributed by atoms with Gasteiger partial charge in [-0.2, -0.15) is 0 Å². The highest BCUT2D eigenvalue weighted by Crippen LogP contribution is 2.33. The van der Waals surface area contributed by atoms with Crippen LogP contribution in [0.4, 0.5) is 5.95 Å². The van der Waals surface area contributed by atoms with Gasteiger partial charge in [0.2, 0.25) is 5.95 Å². The average Bonchev–Trinajstić information content (AvgIpc) is 3.18. The lowest BCUT2D eigenvalue weighted by atomic mass is 9.84. The van der Waals surface area contributed by atoms with Crippen molar-refractivity contribution in [1.29, 1.82) is 0 Å². The predicted octanol–water partition coefficient (Wildman–Crippen LogP) is 2.57. The second kappa shape index (κ2) is 8.08. The van der Waals surface area contributed by atoms with E-state index < -0.39 is 0 Å². The van der Waals surface area contributed by atoms with E-state index in [0.717, 1.165) is 49.7 Å². The second-order valence-electron chi connectivity index (χ2n) is 7.52. The van der Waals surface area contributed by atoms with Crippen molar-refractivity contribution in [3.63, 3.8) is 0 Å². The van der Waals surface area contributed by atoms with Gasteiger partial charge in [0.15, 0.2) is 0 Å². The van der Waals surface area contributed by atoms with Gasteiger partial charge in [0.1, 0.15) is 5.82 Å². The SMILES string of the molecule is CCc1ncc(CN2CC[C@@H](C3CCN(c4ncccn4)CC3)C2)cn1. The highest BCUT2D eigenvalue weighted by Gasteiger charge is 2.32. The van der Waals surface area contributed by atoms with E-state index in [9.17, 15) is 0 Å². The molecule has 138 valence electrons. The van der Waals surface area contributed by atoms with Crippen LogP contribution in [0.25, 0.3) is 0 Å². The van der Waals surface area contributed by atoms with Crippen molar-refractivity contribution in [1.82, 2.24) is 24.8 Å². The van der Waals surface area contributed by atoms with E-state index >= 15 is 0 Å². The third-order valence-corrected chi connectivity index (χ3v) is 5.83. The zero-order valence-corrected chi connectivity index (χ0v) is 15.6. The van der Waals surface area contributed by atoms with E-state index in [-0.39, 0.29) is 0 Å².